The molecule has 0 bridgehead atoms. The lowest BCUT2D eigenvalue weighted by Crippen LogP contribution is -2.55. The van der Waals surface area contributed by atoms with Crippen molar-refractivity contribution in [2.24, 2.45) is 29.6 Å². The zero-order valence-electron chi connectivity index (χ0n) is 24.2. The molecule has 8 fully saturated rings. The van der Waals surface area contributed by atoms with Gasteiger partial charge in [0.15, 0.2) is 0 Å². The smallest absolute Gasteiger partial charge is 0.0221 e. The molecule has 4 aliphatic carbocycles. The quantitative estimate of drug-likeness (QED) is 0.513. The van der Waals surface area contributed by atoms with Crippen molar-refractivity contribution in [1.29, 1.82) is 0 Å². The molecule has 8 rings (SSSR count). The average Bonchev–Trinajstić information content (AvgIpc) is 3.50. The van der Waals surface area contributed by atoms with E-state index in [1.807, 2.05) is 0 Å². The van der Waals surface area contributed by atoms with Crippen molar-refractivity contribution in [1.82, 2.24) is 25.8 Å². The summed E-state index contributed by atoms with van der Waals surface area (Å²) in [5, 5.41) is 11.4. The van der Waals surface area contributed by atoms with Gasteiger partial charge in [0.1, 0.15) is 0 Å². The number of hydrogen-bond acceptors (Lipinski definition) is 5. The monoisotopic (exact) mass is 523 g/mol. The van der Waals surface area contributed by atoms with Gasteiger partial charge < -0.3 is 16.0 Å². The lowest BCUT2D eigenvalue weighted by Gasteiger charge is -2.48. The van der Waals surface area contributed by atoms with E-state index in [2.05, 4.69) is 25.8 Å². The summed E-state index contributed by atoms with van der Waals surface area (Å²) < 4.78 is 0. The molecule has 5 heteroatoms. The average molecular weight is 524 g/mol. The van der Waals surface area contributed by atoms with Gasteiger partial charge in [0, 0.05) is 61.9 Å². The molecule has 4 aliphatic heterocycles. The van der Waals surface area contributed by atoms with Gasteiger partial charge in [-0.15, -0.1) is 0 Å². The maximum absolute atomic E-state index is 3.88. The molecule has 38 heavy (non-hydrogen) atoms. The lowest BCUT2D eigenvalue weighted by molar-refractivity contribution is 0.0160. The van der Waals surface area contributed by atoms with Crippen molar-refractivity contribution < 1.29 is 0 Å². The maximum atomic E-state index is 3.88. The molecule has 3 N–H and O–H groups in total. The van der Waals surface area contributed by atoms with Crippen LogP contribution in [0.15, 0.2) is 0 Å². The number of piperidine rings is 1. The van der Waals surface area contributed by atoms with E-state index in [-0.39, 0.29) is 0 Å². The molecule has 0 aromatic carbocycles. The third-order valence-corrected chi connectivity index (χ3v) is 13.7. The second kappa shape index (κ2) is 10.9. The molecule has 4 saturated carbocycles. The van der Waals surface area contributed by atoms with Crippen LogP contribution in [0.5, 0.6) is 0 Å². The first-order chi connectivity index (χ1) is 18.9. The predicted molar refractivity (Wildman–Crippen MR) is 155 cm³/mol. The van der Waals surface area contributed by atoms with Crippen molar-refractivity contribution in [2.75, 3.05) is 32.7 Å². The maximum Gasteiger partial charge on any atom is 0.0221 e. The zero-order chi connectivity index (χ0) is 25.1. The van der Waals surface area contributed by atoms with Crippen LogP contribution in [-0.4, -0.2) is 84.8 Å². The Balaban J connectivity index is 0.986. The number of fused-ring (bicyclic) bond motifs is 6. The molecule has 0 radical (unpaired) electrons. The Morgan fingerprint density at radius 1 is 0.447 bits per heavy atom. The molecule has 0 aromatic heterocycles. The summed E-state index contributed by atoms with van der Waals surface area (Å²) >= 11 is 0. The van der Waals surface area contributed by atoms with E-state index in [1.54, 1.807) is 12.8 Å². The van der Waals surface area contributed by atoms with Crippen LogP contribution in [0.1, 0.15) is 103 Å². The van der Waals surface area contributed by atoms with E-state index in [4.69, 9.17) is 0 Å². The number of likely N-dealkylation sites (tertiary alicyclic amines) is 2. The van der Waals surface area contributed by atoms with Gasteiger partial charge in [-0.2, -0.15) is 0 Å². The van der Waals surface area contributed by atoms with Gasteiger partial charge in [0.05, 0.1) is 0 Å². The van der Waals surface area contributed by atoms with Crippen LogP contribution in [0, 0.1) is 29.6 Å². The van der Waals surface area contributed by atoms with Gasteiger partial charge in [-0.1, -0.05) is 25.7 Å². The molecule has 8 aliphatic rings. The van der Waals surface area contributed by atoms with Crippen LogP contribution >= 0.6 is 0 Å². The van der Waals surface area contributed by atoms with E-state index in [1.165, 1.54) is 116 Å². The highest BCUT2D eigenvalue weighted by atomic mass is 15.3. The molecule has 0 spiro atoms. The van der Waals surface area contributed by atoms with E-state index < -0.39 is 0 Å². The molecule has 10 unspecified atom stereocenters. The molecule has 5 nitrogen and oxygen atoms in total. The lowest BCUT2D eigenvalue weighted by atomic mass is 9.73. The number of nitrogens with one attached hydrogen (secondary N) is 3. The highest BCUT2D eigenvalue weighted by Gasteiger charge is 2.57. The third-order valence-electron chi connectivity index (χ3n) is 13.7. The van der Waals surface area contributed by atoms with Gasteiger partial charge in [-0.05, 0) is 120 Å². The van der Waals surface area contributed by atoms with E-state index in [9.17, 15) is 0 Å². The van der Waals surface area contributed by atoms with Crippen LogP contribution in [0.3, 0.4) is 0 Å². The number of nitrogens with zero attached hydrogens (tertiary/aromatic N) is 2. The third kappa shape index (κ3) is 4.35. The van der Waals surface area contributed by atoms with E-state index in [0.29, 0.717) is 0 Å². The zero-order valence-corrected chi connectivity index (χ0v) is 24.2. The van der Waals surface area contributed by atoms with Crippen LogP contribution < -0.4 is 16.0 Å². The minimum Gasteiger partial charge on any atom is -0.316 e. The summed E-state index contributed by atoms with van der Waals surface area (Å²) in [4.78, 5) is 6.47. The Morgan fingerprint density at radius 2 is 1.08 bits per heavy atom. The normalized spacial score (nSPS) is 52.1. The minimum atomic E-state index is 0.728. The fourth-order valence-electron chi connectivity index (χ4n) is 12.3. The SMILES string of the molecule is C1CCC2C(C1)C1CCCCC1N2C1CCC2C(C1)C1CNCCC1N2C1CCC(C2CNCCN2)CC1. The Hall–Kier alpha value is -0.200. The van der Waals surface area contributed by atoms with Crippen LogP contribution in [0.2, 0.25) is 0 Å². The fourth-order valence-corrected chi connectivity index (χ4v) is 12.3. The van der Waals surface area contributed by atoms with Gasteiger partial charge in [0.25, 0.3) is 0 Å². The number of hydrogen-bond donors (Lipinski definition) is 3. The van der Waals surface area contributed by atoms with Gasteiger partial charge in [-0.25, -0.2) is 0 Å². The summed E-state index contributed by atoms with van der Waals surface area (Å²) in [5.41, 5.74) is 0. The molecule has 10 atom stereocenters. The summed E-state index contributed by atoms with van der Waals surface area (Å²) in [6.45, 7) is 6.08. The Morgan fingerprint density at radius 3 is 1.82 bits per heavy atom. The highest BCUT2D eigenvalue weighted by molar-refractivity contribution is 5.11. The fraction of sp³-hybridized carbons (Fsp3) is 1.00. The Bertz CT molecular complexity index is 783. The van der Waals surface area contributed by atoms with Crippen molar-refractivity contribution in [3.63, 3.8) is 0 Å². The molecule has 4 heterocycles. The van der Waals surface area contributed by atoms with Gasteiger partial charge in [-0.3, -0.25) is 9.80 Å². The molecule has 0 aromatic rings. The van der Waals surface area contributed by atoms with Crippen LogP contribution in [0.25, 0.3) is 0 Å². The topological polar surface area (TPSA) is 42.6 Å². The van der Waals surface area contributed by atoms with Crippen LogP contribution in [0.4, 0.5) is 0 Å². The van der Waals surface area contributed by atoms with E-state index >= 15 is 0 Å². The first-order valence-electron chi connectivity index (χ1n) is 17.6. The molecule has 0 amide bonds. The van der Waals surface area contributed by atoms with Crippen molar-refractivity contribution in [3.8, 4) is 0 Å². The first kappa shape index (κ1) is 25.5. The second-order valence-electron chi connectivity index (χ2n) is 15.2. The first-order valence-corrected chi connectivity index (χ1v) is 17.6. The Labute approximate surface area is 233 Å². The largest absolute Gasteiger partial charge is 0.316 e. The molecular formula is C33H57N5. The van der Waals surface area contributed by atoms with Crippen LogP contribution in [-0.2, 0) is 0 Å². The predicted octanol–water partition coefficient (Wildman–Crippen LogP) is 4.37. The highest BCUT2D eigenvalue weighted by Crippen LogP contribution is 2.54. The van der Waals surface area contributed by atoms with Crippen molar-refractivity contribution >= 4 is 0 Å². The summed E-state index contributed by atoms with van der Waals surface area (Å²) in [6, 6.07) is 6.18. The van der Waals surface area contributed by atoms with Gasteiger partial charge >= 0.3 is 0 Å². The molecule has 214 valence electrons. The van der Waals surface area contributed by atoms with Crippen molar-refractivity contribution in [2.45, 2.75) is 145 Å². The van der Waals surface area contributed by atoms with E-state index in [0.717, 1.165) is 78.4 Å². The second-order valence-corrected chi connectivity index (χ2v) is 15.2. The van der Waals surface area contributed by atoms with Crippen molar-refractivity contribution in [3.05, 3.63) is 0 Å². The minimum absolute atomic E-state index is 0.728. The summed E-state index contributed by atoms with van der Waals surface area (Å²) in [6.07, 6.45) is 24.0. The Kier molecular flexibility index (Phi) is 7.31. The number of rotatable bonds is 3. The molecular weight excluding hydrogens is 466 g/mol. The summed E-state index contributed by atoms with van der Waals surface area (Å²) in [7, 11) is 0. The summed E-state index contributed by atoms with van der Waals surface area (Å²) in [5.74, 6) is 4.89. The van der Waals surface area contributed by atoms with Gasteiger partial charge in [0.2, 0.25) is 0 Å². The standard InChI is InChI=1S/C33H57N5/c1-3-7-30-25(5-1)26-6-2-4-8-31(26)38(30)24-13-14-32-27(19-24)28-20-34-16-15-33(28)37(32)23-11-9-22(10-12-23)29-21-35-17-18-36-29/h22-36H,1-21H2. The molecule has 4 saturated heterocycles. The number of piperazine rings is 1.